The normalized spacial score (nSPS) is 9.31. The van der Waals surface area contributed by atoms with Crippen molar-refractivity contribution in [2.45, 2.75) is 6.92 Å². The second-order valence-electron chi connectivity index (χ2n) is 2.53. The van der Waals surface area contributed by atoms with Crippen LogP contribution >= 0.6 is 0 Å². The van der Waals surface area contributed by atoms with E-state index < -0.39 is 0 Å². The molecular formula is C8H10N4O. The van der Waals surface area contributed by atoms with E-state index in [1.54, 1.807) is 12.1 Å². The molecule has 1 heterocycles. The first kappa shape index (κ1) is 9.18. The largest absolute Gasteiger partial charge is 0.384 e. The Morgan fingerprint density at radius 2 is 2.31 bits per heavy atom. The van der Waals surface area contributed by atoms with Crippen LogP contribution in [-0.2, 0) is 4.79 Å². The van der Waals surface area contributed by atoms with E-state index in [1.807, 2.05) is 0 Å². The summed E-state index contributed by atoms with van der Waals surface area (Å²) in [7, 11) is 0. The average molecular weight is 178 g/mol. The molecule has 0 aliphatic rings. The standard InChI is InChI=1S/C8H10N4O/c1-5(13)12-7-3-2-6(4-11-7)8(9)10/h2-4H,1H3,(H3,9,10)(H,11,12,13). The van der Waals surface area contributed by atoms with Gasteiger partial charge in [0.25, 0.3) is 0 Å². The monoisotopic (exact) mass is 178 g/mol. The predicted octanol–water partition coefficient (Wildman–Crippen LogP) is 0.324. The summed E-state index contributed by atoms with van der Waals surface area (Å²) in [4.78, 5) is 14.5. The molecule has 0 saturated carbocycles. The number of hydrogen-bond acceptors (Lipinski definition) is 3. The number of amidine groups is 1. The maximum atomic E-state index is 10.6. The molecule has 1 rings (SSSR count). The fraction of sp³-hybridized carbons (Fsp3) is 0.125. The van der Waals surface area contributed by atoms with Gasteiger partial charge in [-0.25, -0.2) is 4.98 Å². The zero-order valence-electron chi connectivity index (χ0n) is 7.16. The highest BCUT2D eigenvalue weighted by molar-refractivity contribution is 5.95. The van der Waals surface area contributed by atoms with Gasteiger partial charge in [-0.05, 0) is 12.1 Å². The minimum atomic E-state index is -0.178. The second-order valence-corrected chi connectivity index (χ2v) is 2.53. The number of carbonyl (C=O) groups is 1. The predicted molar refractivity (Wildman–Crippen MR) is 49.6 cm³/mol. The molecule has 1 aromatic heterocycles. The van der Waals surface area contributed by atoms with Gasteiger partial charge in [-0.2, -0.15) is 0 Å². The fourth-order valence-corrected chi connectivity index (χ4v) is 0.807. The SMILES string of the molecule is CC(=O)Nc1ccc(C(=N)N)cn1. The van der Waals surface area contributed by atoms with E-state index in [1.165, 1.54) is 13.1 Å². The Bertz CT molecular complexity index is 331. The Labute approximate surface area is 75.5 Å². The van der Waals surface area contributed by atoms with Crippen molar-refractivity contribution < 1.29 is 4.79 Å². The van der Waals surface area contributed by atoms with Crippen molar-refractivity contribution in [2.24, 2.45) is 5.73 Å². The highest BCUT2D eigenvalue weighted by Crippen LogP contribution is 2.03. The van der Waals surface area contributed by atoms with Gasteiger partial charge in [-0.1, -0.05) is 0 Å². The Balaban J connectivity index is 2.81. The van der Waals surface area contributed by atoms with Crippen LogP contribution < -0.4 is 11.1 Å². The number of aromatic nitrogens is 1. The molecule has 0 radical (unpaired) electrons. The number of nitrogens with one attached hydrogen (secondary N) is 2. The van der Waals surface area contributed by atoms with Crippen molar-refractivity contribution in [3.05, 3.63) is 23.9 Å². The summed E-state index contributed by atoms with van der Waals surface area (Å²) in [6.07, 6.45) is 1.44. The van der Waals surface area contributed by atoms with Gasteiger partial charge in [0.2, 0.25) is 5.91 Å². The second kappa shape index (κ2) is 3.66. The average Bonchev–Trinajstić information content (AvgIpc) is 2.04. The minimum absolute atomic E-state index is 0.0399. The summed E-state index contributed by atoms with van der Waals surface area (Å²) >= 11 is 0. The molecule has 0 saturated heterocycles. The molecule has 0 aliphatic heterocycles. The fourth-order valence-electron chi connectivity index (χ4n) is 0.807. The number of nitrogens with zero attached hydrogens (tertiary/aromatic N) is 1. The van der Waals surface area contributed by atoms with Gasteiger partial charge in [-0.3, -0.25) is 10.2 Å². The maximum absolute atomic E-state index is 10.6. The molecule has 0 atom stereocenters. The Morgan fingerprint density at radius 1 is 1.62 bits per heavy atom. The number of nitrogens with two attached hydrogens (primary N) is 1. The van der Waals surface area contributed by atoms with Gasteiger partial charge in [0, 0.05) is 18.7 Å². The third-order valence-electron chi connectivity index (χ3n) is 1.38. The zero-order chi connectivity index (χ0) is 9.84. The summed E-state index contributed by atoms with van der Waals surface area (Å²) < 4.78 is 0. The topological polar surface area (TPSA) is 91.9 Å². The van der Waals surface area contributed by atoms with Crippen molar-refractivity contribution in [2.75, 3.05) is 5.32 Å². The van der Waals surface area contributed by atoms with E-state index in [4.69, 9.17) is 11.1 Å². The molecule has 0 bridgehead atoms. The van der Waals surface area contributed by atoms with Crippen LogP contribution in [0.2, 0.25) is 0 Å². The molecule has 0 aromatic carbocycles. The smallest absolute Gasteiger partial charge is 0.222 e. The quantitative estimate of drug-likeness (QED) is 0.450. The third-order valence-corrected chi connectivity index (χ3v) is 1.38. The van der Waals surface area contributed by atoms with E-state index >= 15 is 0 Å². The lowest BCUT2D eigenvalue weighted by Gasteiger charge is -2.01. The first-order valence-electron chi connectivity index (χ1n) is 3.67. The first-order valence-corrected chi connectivity index (χ1v) is 3.67. The highest BCUT2D eigenvalue weighted by Gasteiger charge is 1.98. The van der Waals surface area contributed by atoms with Crippen LogP contribution in [-0.4, -0.2) is 16.7 Å². The molecule has 0 fully saturated rings. The van der Waals surface area contributed by atoms with Gasteiger partial charge in [0.1, 0.15) is 11.7 Å². The van der Waals surface area contributed by atoms with Crippen LogP contribution in [0.3, 0.4) is 0 Å². The van der Waals surface area contributed by atoms with Crippen LogP contribution in [0.1, 0.15) is 12.5 Å². The number of nitrogen functional groups attached to an aromatic ring is 1. The molecule has 13 heavy (non-hydrogen) atoms. The Kier molecular flexibility index (Phi) is 2.59. The summed E-state index contributed by atoms with van der Waals surface area (Å²) in [5.74, 6) is 0.238. The third kappa shape index (κ3) is 2.55. The summed E-state index contributed by atoms with van der Waals surface area (Å²) in [5.41, 5.74) is 5.76. The lowest BCUT2D eigenvalue weighted by atomic mass is 10.2. The summed E-state index contributed by atoms with van der Waals surface area (Å²) in [5, 5.41) is 9.61. The number of hydrogen-bond donors (Lipinski definition) is 3. The van der Waals surface area contributed by atoms with Crippen molar-refractivity contribution in [1.29, 1.82) is 5.41 Å². The van der Waals surface area contributed by atoms with Crippen molar-refractivity contribution >= 4 is 17.6 Å². The van der Waals surface area contributed by atoms with Crippen LogP contribution in [0.4, 0.5) is 5.82 Å². The van der Waals surface area contributed by atoms with Gasteiger partial charge in [0.15, 0.2) is 0 Å². The molecule has 1 aromatic rings. The minimum Gasteiger partial charge on any atom is -0.384 e. The van der Waals surface area contributed by atoms with E-state index in [0.717, 1.165) is 0 Å². The van der Waals surface area contributed by atoms with Crippen LogP contribution in [0, 0.1) is 5.41 Å². The lowest BCUT2D eigenvalue weighted by molar-refractivity contribution is -0.114. The number of pyridine rings is 1. The lowest BCUT2D eigenvalue weighted by Crippen LogP contribution is -2.12. The molecule has 5 heteroatoms. The summed E-state index contributed by atoms with van der Waals surface area (Å²) in [6, 6.07) is 3.22. The van der Waals surface area contributed by atoms with Crippen LogP contribution in [0.5, 0.6) is 0 Å². The molecular weight excluding hydrogens is 168 g/mol. The van der Waals surface area contributed by atoms with Crippen molar-refractivity contribution in [1.82, 2.24) is 4.98 Å². The van der Waals surface area contributed by atoms with Crippen LogP contribution in [0.15, 0.2) is 18.3 Å². The molecule has 0 unspecified atom stereocenters. The highest BCUT2D eigenvalue weighted by atomic mass is 16.1. The first-order chi connectivity index (χ1) is 6.09. The molecule has 1 amide bonds. The van der Waals surface area contributed by atoms with Crippen molar-refractivity contribution in [3.8, 4) is 0 Å². The molecule has 4 N–H and O–H groups in total. The van der Waals surface area contributed by atoms with Gasteiger partial charge in [0.05, 0.1) is 0 Å². The van der Waals surface area contributed by atoms with E-state index in [9.17, 15) is 4.79 Å². The molecule has 0 spiro atoms. The molecule has 68 valence electrons. The van der Waals surface area contributed by atoms with E-state index in [0.29, 0.717) is 11.4 Å². The molecule has 0 aliphatic carbocycles. The zero-order valence-corrected chi connectivity index (χ0v) is 7.16. The number of rotatable bonds is 2. The van der Waals surface area contributed by atoms with Crippen molar-refractivity contribution in [3.63, 3.8) is 0 Å². The van der Waals surface area contributed by atoms with E-state index in [2.05, 4.69) is 10.3 Å². The number of amides is 1. The Hall–Kier alpha value is -1.91. The maximum Gasteiger partial charge on any atom is 0.222 e. The van der Waals surface area contributed by atoms with Gasteiger partial charge < -0.3 is 11.1 Å². The summed E-state index contributed by atoms with van der Waals surface area (Å²) in [6.45, 7) is 1.40. The molecule has 5 nitrogen and oxygen atoms in total. The van der Waals surface area contributed by atoms with E-state index in [-0.39, 0.29) is 11.7 Å². The van der Waals surface area contributed by atoms with Gasteiger partial charge in [-0.15, -0.1) is 0 Å². The Morgan fingerprint density at radius 3 is 2.69 bits per heavy atom. The number of anilines is 1. The number of carbonyl (C=O) groups excluding carboxylic acids is 1. The van der Waals surface area contributed by atoms with Gasteiger partial charge >= 0.3 is 0 Å². The van der Waals surface area contributed by atoms with Crippen LogP contribution in [0.25, 0.3) is 0 Å².